The largest absolute Gasteiger partial charge is 0.418 e. The molecule has 0 bridgehead atoms. The fourth-order valence-corrected chi connectivity index (χ4v) is 4.19. The Bertz CT molecular complexity index is 1100. The number of rotatable bonds is 3. The highest BCUT2D eigenvalue weighted by molar-refractivity contribution is 5.76. The zero-order valence-electron chi connectivity index (χ0n) is 16.2. The third kappa shape index (κ3) is 3.91. The molecule has 0 amide bonds. The Morgan fingerprint density at radius 1 is 1.14 bits per heavy atom. The molecule has 0 unspecified atom stereocenters. The molecule has 7 heteroatoms. The van der Waals surface area contributed by atoms with Crippen molar-refractivity contribution in [3.63, 3.8) is 0 Å². The van der Waals surface area contributed by atoms with Crippen LogP contribution in [0.5, 0.6) is 0 Å². The Hall–Kier alpha value is -2.70. The van der Waals surface area contributed by atoms with Crippen LogP contribution in [0.4, 0.5) is 13.2 Å². The quantitative estimate of drug-likeness (QED) is 0.605. The van der Waals surface area contributed by atoms with Gasteiger partial charge in [-0.25, -0.2) is 4.98 Å². The minimum atomic E-state index is -4.53. The van der Waals surface area contributed by atoms with Crippen molar-refractivity contribution < 1.29 is 13.2 Å². The van der Waals surface area contributed by atoms with Gasteiger partial charge in [-0.1, -0.05) is 19.3 Å². The van der Waals surface area contributed by atoms with E-state index in [2.05, 4.69) is 9.97 Å². The predicted octanol–water partition coefficient (Wildman–Crippen LogP) is 5.21. The van der Waals surface area contributed by atoms with Crippen LogP contribution in [0.15, 0.2) is 41.3 Å². The molecule has 0 aliphatic heterocycles. The number of pyridine rings is 3. The second-order valence-electron chi connectivity index (χ2n) is 7.69. The standard InChI is InChI=1S/C22H22F3N3O/c1-14-9-10-16-12-17(15-6-3-2-4-7-15)21(29)28(20(16)27-14)13-19-18(22(23,24)25)8-5-11-26-19/h5,8-12,15H,2-4,6-7,13H2,1H3. The molecule has 3 aromatic heterocycles. The van der Waals surface area contributed by atoms with Gasteiger partial charge >= 0.3 is 6.18 Å². The molecule has 1 fully saturated rings. The van der Waals surface area contributed by atoms with Gasteiger partial charge in [0, 0.05) is 22.8 Å². The lowest BCUT2D eigenvalue weighted by Crippen LogP contribution is -2.29. The van der Waals surface area contributed by atoms with E-state index in [0.717, 1.165) is 43.6 Å². The molecule has 0 spiro atoms. The van der Waals surface area contributed by atoms with Gasteiger partial charge in [-0.3, -0.25) is 14.3 Å². The lowest BCUT2D eigenvalue weighted by Gasteiger charge is -2.23. The molecule has 152 valence electrons. The highest BCUT2D eigenvalue weighted by Crippen LogP contribution is 2.33. The van der Waals surface area contributed by atoms with Crippen LogP contribution in [-0.2, 0) is 12.7 Å². The first kappa shape index (κ1) is 19.6. The molecule has 0 atom stereocenters. The Kier molecular flexibility index (Phi) is 5.15. The molecule has 3 heterocycles. The molecule has 0 radical (unpaired) electrons. The number of alkyl halides is 3. The van der Waals surface area contributed by atoms with Crippen molar-refractivity contribution in [2.45, 2.75) is 57.7 Å². The highest BCUT2D eigenvalue weighted by atomic mass is 19.4. The molecular formula is C22H22F3N3O. The smallest absolute Gasteiger partial charge is 0.286 e. The molecule has 1 aliphatic carbocycles. The summed E-state index contributed by atoms with van der Waals surface area (Å²) >= 11 is 0. The van der Waals surface area contributed by atoms with Gasteiger partial charge in [0.15, 0.2) is 0 Å². The molecule has 4 rings (SSSR count). The average Bonchev–Trinajstić information content (AvgIpc) is 2.70. The van der Waals surface area contributed by atoms with Crippen LogP contribution in [0.3, 0.4) is 0 Å². The molecule has 0 saturated heterocycles. The van der Waals surface area contributed by atoms with Crippen molar-refractivity contribution in [3.05, 3.63) is 69.4 Å². The summed E-state index contributed by atoms with van der Waals surface area (Å²) in [5.74, 6) is 0.138. The first-order valence-electron chi connectivity index (χ1n) is 9.87. The van der Waals surface area contributed by atoms with Gasteiger partial charge in [0.25, 0.3) is 5.56 Å². The van der Waals surface area contributed by atoms with Crippen LogP contribution in [0.2, 0.25) is 0 Å². The van der Waals surface area contributed by atoms with Gasteiger partial charge < -0.3 is 0 Å². The summed E-state index contributed by atoms with van der Waals surface area (Å²) in [5.41, 5.74) is 0.512. The topological polar surface area (TPSA) is 47.8 Å². The average molecular weight is 401 g/mol. The van der Waals surface area contributed by atoms with Gasteiger partial charge in [0.1, 0.15) is 5.65 Å². The fourth-order valence-electron chi connectivity index (χ4n) is 4.19. The minimum absolute atomic E-state index is 0.138. The molecule has 29 heavy (non-hydrogen) atoms. The summed E-state index contributed by atoms with van der Waals surface area (Å²) in [6.07, 6.45) is 1.92. The van der Waals surface area contributed by atoms with Crippen molar-refractivity contribution in [1.82, 2.24) is 14.5 Å². The molecule has 0 aromatic carbocycles. The van der Waals surface area contributed by atoms with Crippen molar-refractivity contribution in [1.29, 1.82) is 0 Å². The monoisotopic (exact) mass is 401 g/mol. The SMILES string of the molecule is Cc1ccc2cc(C3CCCCC3)c(=O)n(Cc3ncccc3C(F)(F)F)c2n1. The summed E-state index contributed by atoms with van der Waals surface area (Å²) in [6.45, 7) is 1.53. The third-order valence-corrected chi connectivity index (χ3v) is 5.65. The number of halogens is 3. The van der Waals surface area contributed by atoms with Gasteiger partial charge in [-0.2, -0.15) is 13.2 Å². The maximum Gasteiger partial charge on any atom is 0.418 e. The van der Waals surface area contributed by atoms with Crippen LogP contribution >= 0.6 is 0 Å². The molecular weight excluding hydrogens is 379 g/mol. The number of aryl methyl sites for hydroxylation is 1. The van der Waals surface area contributed by atoms with E-state index >= 15 is 0 Å². The van der Waals surface area contributed by atoms with E-state index in [0.29, 0.717) is 16.9 Å². The summed E-state index contributed by atoms with van der Waals surface area (Å²) < 4.78 is 41.7. The van der Waals surface area contributed by atoms with E-state index in [1.807, 2.05) is 18.2 Å². The maximum atomic E-state index is 13.5. The van der Waals surface area contributed by atoms with Gasteiger partial charge in [-0.15, -0.1) is 0 Å². The Balaban J connectivity index is 1.90. The van der Waals surface area contributed by atoms with E-state index in [-0.39, 0.29) is 23.7 Å². The molecule has 4 nitrogen and oxygen atoms in total. The number of hydrogen-bond acceptors (Lipinski definition) is 3. The first-order chi connectivity index (χ1) is 13.8. The summed E-state index contributed by atoms with van der Waals surface area (Å²) in [7, 11) is 0. The zero-order chi connectivity index (χ0) is 20.6. The third-order valence-electron chi connectivity index (χ3n) is 5.65. The predicted molar refractivity (Wildman–Crippen MR) is 105 cm³/mol. The van der Waals surface area contributed by atoms with E-state index in [9.17, 15) is 18.0 Å². The summed E-state index contributed by atoms with van der Waals surface area (Å²) in [6, 6.07) is 7.86. The van der Waals surface area contributed by atoms with Gasteiger partial charge in [0.05, 0.1) is 17.8 Å². The van der Waals surface area contributed by atoms with Crippen molar-refractivity contribution in [2.75, 3.05) is 0 Å². The normalized spacial score (nSPS) is 15.7. The number of hydrogen-bond donors (Lipinski definition) is 0. The molecule has 3 aromatic rings. The Labute approximate surface area is 166 Å². The van der Waals surface area contributed by atoms with Crippen molar-refractivity contribution in [3.8, 4) is 0 Å². The number of fused-ring (bicyclic) bond motifs is 1. The van der Waals surface area contributed by atoms with Gasteiger partial charge in [-0.05, 0) is 56.0 Å². The van der Waals surface area contributed by atoms with Crippen LogP contribution in [0, 0.1) is 6.92 Å². The van der Waals surface area contributed by atoms with E-state index < -0.39 is 11.7 Å². The van der Waals surface area contributed by atoms with Crippen molar-refractivity contribution >= 4 is 11.0 Å². The summed E-state index contributed by atoms with van der Waals surface area (Å²) in [4.78, 5) is 21.8. The van der Waals surface area contributed by atoms with E-state index in [1.165, 1.54) is 16.8 Å². The summed E-state index contributed by atoms with van der Waals surface area (Å²) in [5, 5.41) is 0.764. The zero-order valence-corrected chi connectivity index (χ0v) is 16.2. The van der Waals surface area contributed by atoms with Crippen LogP contribution in [0.1, 0.15) is 60.5 Å². The minimum Gasteiger partial charge on any atom is -0.286 e. The van der Waals surface area contributed by atoms with E-state index in [4.69, 9.17) is 0 Å². The lowest BCUT2D eigenvalue weighted by molar-refractivity contribution is -0.138. The molecule has 0 N–H and O–H groups in total. The van der Waals surface area contributed by atoms with Crippen LogP contribution in [-0.4, -0.2) is 14.5 Å². The second kappa shape index (κ2) is 7.61. The van der Waals surface area contributed by atoms with Gasteiger partial charge in [0.2, 0.25) is 0 Å². The number of aromatic nitrogens is 3. The van der Waals surface area contributed by atoms with Crippen LogP contribution in [0.25, 0.3) is 11.0 Å². The highest BCUT2D eigenvalue weighted by Gasteiger charge is 2.34. The number of nitrogens with zero attached hydrogens (tertiary/aromatic N) is 3. The molecule has 1 saturated carbocycles. The lowest BCUT2D eigenvalue weighted by atomic mass is 9.84. The Morgan fingerprint density at radius 3 is 2.62 bits per heavy atom. The fraction of sp³-hybridized carbons (Fsp3) is 0.409. The Morgan fingerprint density at radius 2 is 1.90 bits per heavy atom. The maximum absolute atomic E-state index is 13.5. The van der Waals surface area contributed by atoms with Crippen molar-refractivity contribution in [2.24, 2.45) is 0 Å². The second-order valence-corrected chi connectivity index (χ2v) is 7.69. The molecule has 1 aliphatic rings. The first-order valence-corrected chi connectivity index (χ1v) is 9.87. The van der Waals surface area contributed by atoms with E-state index in [1.54, 1.807) is 6.92 Å². The van der Waals surface area contributed by atoms with Crippen LogP contribution < -0.4 is 5.56 Å².